The van der Waals surface area contributed by atoms with Gasteiger partial charge in [0.1, 0.15) is 5.75 Å². The highest BCUT2D eigenvalue weighted by Crippen LogP contribution is 2.50. The van der Waals surface area contributed by atoms with Crippen LogP contribution in [-0.4, -0.2) is 57.3 Å². The van der Waals surface area contributed by atoms with E-state index in [4.69, 9.17) is 32.7 Å². The number of rotatable bonds is 6. The van der Waals surface area contributed by atoms with Gasteiger partial charge in [-0.25, -0.2) is 0 Å². The van der Waals surface area contributed by atoms with Crippen LogP contribution in [0.5, 0.6) is 5.75 Å². The molecule has 178 valence electrons. The number of amides is 1. The Morgan fingerprint density at radius 3 is 2.73 bits per heavy atom. The Bertz CT molecular complexity index is 1000. The van der Waals surface area contributed by atoms with E-state index in [1.807, 2.05) is 12.1 Å². The summed E-state index contributed by atoms with van der Waals surface area (Å²) in [6.07, 6.45) is 3.02. The predicted molar refractivity (Wildman–Crippen MR) is 132 cm³/mol. The van der Waals surface area contributed by atoms with Crippen LogP contribution in [-0.2, 0) is 21.4 Å². The number of hydrogen-bond donors (Lipinski definition) is 1. The highest BCUT2D eigenvalue weighted by Gasteiger charge is 2.52. The van der Waals surface area contributed by atoms with Crippen LogP contribution in [0.2, 0.25) is 10.0 Å². The summed E-state index contributed by atoms with van der Waals surface area (Å²) in [7, 11) is 5.66. The van der Waals surface area contributed by atoms with Crippen molar-refractivity contribution < 1.29 is 14.3 Å². The molecule has 2 aromatic rings. The van der Waals surface area contributed by atoms with Crippen molar-refractivity contribution in [2.75, 3.05) is 34.4 Å². The molecule has 2 fully saturated rings. The normalized spacial score (nSPS) is 27.6. The Morgan fingerprint density at radius 1 is 1.18 bits per heavy atom. The summed E-state index contributed by atoms with van der Waals surface area (Å²) in [6, 6.07) is 13.8. The van der Waals surface area contributed by atoms with Crippen LogP contribution in [0.1, 0.15) is 30.4 Å². The first-order chi connectivity index (χ1) is 15.8. The second-order valence-corrected chi connectivity index (χ2v) is 10.2. The maximum absolute atomic E-state index is 13.0. The average Bonchev–Trinajstić information content (AvgIpc) is 2.81. The van der Waals surface area contributed by atoms with Gasteiger partial charge in [0.2, 0.25) is 5.91 Å². The Kier molecular flexibility index (Phi) is 7.54. The molecule has 1 unspecified atom stereocenters. The minimum atomic E-state index is -0.0818. The van der Waals surface area contributed by atoms with Crippen molar-refractivity contribution in [3.05, 3.63) is 63.6 Å². The standard InChI is InChI=1S/C26H32Cl2N2O3/c1-30-10-9-26(18-5-4-6-20(13-18)32-2)15-19(14-24(33-3)21(26)16-30)29-25(31)12-17-7-8-22(27)23(28)11-17/h4-8,11,13,19,21,24H,9-10,12,14-16H2,1-3H3,(H,29,31)/t19-,21+,24?,26+/m1/s1. The largest absolute Gasteiger partial charge is 0.497 e. The molecule has 2 aliphatic rings. The number of ether oxygens (including phenoxy) is 2. The first kappa shape index (κ1) is 24.3. The van der Waals surface area contributed by atoms with Gasteiger partial charge in [0.25, 0.3) is 0 Å². The van der Waals surface area contributed by atoms with E-state index in [1.54, 1.807) is 26.4 Å². The number of halogens is 2. The minimum Gasteiger partial charge on any atom is -0.497 e. The summed E-state index contributed by atoms with van der Waals surface area (Å²) in [6.45, 7) is 1.98. The number of benzene rings is 2. The first-order valence-electron chi connectivity index (χ1n) is 11.4. The lowest BCUT2D eigenvalue weighted by atomic mass is 9.57. The third-order valence-corrected chi connectivity index (χ3v) is 8.13. The van der Waals surface area contributed by atoms with E-state index in [2.05, 4.69) is 35.5 Å². The second kappa shape index (κ2) is 10.2. The average molecular weight is 491 g/mol. The highest BCUT2D eigenvalue weighted by molar-refractivity contribution is 6.42. The molecule has 1 aliphatic heterocycles. The number of methoxy groups -OCH3 is 2. The summed E-state index contributed by atoms with van der Waals surface area (Å²) in [5.41, 5.74) is 2.03. The second-order valence-electron chi connectivity index (χ2n) is 9.41. The van der Waals surface area contributed by atoms with Gasteiger partial charge in [0.05, 0.1) is 29.7 Å². The van der Waals surface area contributed by atoms with Gasteiger partial charge in [-0.15, -0.1) is 0 Å². The SMILES string of the molecule is COc1cccc([C@@]23CCN(C)C[C@H]2C(OC)C[C@@H](NC(=O)Cc2ccc(Cl)c(Cl)c2)C3)c1. The van der Waals surface area contributed by atoms with Gasteiger partial charge >= 0.3 is 0 Å². The molecule has 1 saturated carbocycles. The van der Waals surface area contributed by atoms with Gasteiger partial charge in [0.15, 0.2) is 0 Å². The summed E-state index contributed by atoms with van der Waals surface area (Å²) in [4.78, 5) is 15.4. The molecular formula is C26H32Cl2N2O3. The van der Waals surface area contributed by atoms with E-state index < -0.39 is 0 Å². The van der Waals surface area contributed by atoms with Crippen LogP contribution in [0.15, 0.2) is 42.5 Å². The Balaban J connectivity index is 1.59. The van der Waals surface area contributed by atoms with Crippen LogP contribution in [0.25, 0.3) is 0 Å². The summed E-state index contributed by atoms with van der Waals surface area (Å²) < 4.78 is 11.6. The van der Waals surface area contributed by atoms with Crippen LogP contribution in [0, 0.1) is 5.92 Å². The van der Waals surface area contributed by atoms with E-state index in [9.17, 15) is 4.79 Å². The smallest absolute Gasteiger partial charge is 0.224 e. The molecule has 2 aromatic carbocycles. The number of carbonyl (C=O) groups excluding carboxylic acids is 1. The van der Waals surface area contributed by atoms with Crippen molar-refractivity contribution in [2.45, 2.75) is 43.2 Å². The summed E-state index contributed by atoms with van der Waals surface area (Å²) in [5, 5.41) is 4.25. The lowest BCUT2D eigenvalue weighted by molar-refractivity contribution is -0.123. The molecule has 1 aliphatic carbocycles. The van der Waals surface area contributed by atoms with E-state index in [-0.39, 0.29) is 29.9 Å². The maximum atomic E-state index is 13.0. The fourth-order valence-electron chi connectivity index (χ4n) is 5.77. The molecule has 1 amide bonds. The van der Waals surface area contributed by atoms with Gasteiger partial charge in [-0.05, 0) is 68.2 Å². The maximum Gasteiger partial charge on any atom is 0.224 e. The van der Waals surface area contributed by atoms with Gasteiger partial charge in [-0.2, -0.15) is 0 Å². The molecular weight excluding hydrogens is 459 g/mol. The number of piperidine rings is 1. The van der Waals surface area contributed by atoms with E-state index in [0.29, 0.717) is 16.0 Å². The number of fused-ring (bicyclic) bond motifs is 1. The molecule has 0 radical (unpaired) electrons. The molecule has 0 spiro atoms. The van der Waals surface area contributed by atoms with Crippen molar-refractivity contribution in [3.63, 3.8) is 0 Å². The molecule has 0 aromatic heterocycles. The number of likely N-dealkylation sites (tertiary alicyclic amines) is 1. The van der Waals surface area contributed by atoms with Crippen LogP contribution < -0.4 is 10.1 Å². The van der Waals surface area contributed by atoms with Crippen molar-refractivity contribution in [1.82, 2.24) is 10.2 Å². The van der Waals surface area contributed by atoms with Crippen LogP contribution in [0.3, 0.4) is 0 Å². The third-order valence-electron chi connectivity index (χ3n) is 7.40. The Morgan fingerprint density at radius 2 is 2.00 bits per heavy atom. The topological polar surface area (TPSA) is 50.8 Å². The molecule has 5 nitrogen and oxygen atoms in total. The zero-order valence-electron chi connectivity index (χ0n) is 19.4. The number of carbonyl (C=O) groups is 1. The van der Waals surface area contributed by atoms with Crippen molar-refractivity contribution >= 4 is 29.1 Å². The zero-order valence-corrected chi connectivity index (χ0v) is 21.0. The van der Waals surface area contributed by atoms with Gasteiger partial charge in [0, 0.05) is 31.0 Å². The van der Waals surface area contributed by atoms with Crippen molar-refractivity contribution in [2.24, 2.45) is 5.92 Å². The molecule has 1 N–H and O–H groups in total. The van der Waals surface area contributed by atoms with Crippen molar-refractivity contribution in [3.8, 4) is 5.75 Å². The molecule has 0 bridgehead atoms. The van der Waals surface area contributed by atoms with Gasteiger partial charge in [-0.1, -0.05) is 41.4 Å². The lowest BCUT2D eigenvalue weighted by Gasteiger charge is -2.55. The lowest BCUT2D eigenvalue weighted by Crippen LogP contribution is -2.60. The monoisotopic (exact) mass is 490 g/mol. The molecule has 1 saturated heterocycles. The quantitative estimate of drug-likeness (QED) is 0.635. The first-order valence-corrected chi connectivity index (χ1v) is 12.2. The zero-order chi connectivity index (χ0) is 23.6. The number of nitrogens with zero attached hydrogens (tertiary/aromatic N) is 1. The Hall–Kier alpha value is -1.79. The minimum absolute atomic E-state index is 0.0135. The van der Waals surface area contributed by atoms with Crippen LogP contribution >= 0.6 is 23.2 Å². The molecule has 1 heterocycles. The fraction of sp³-hybridized carbons (Fsp3) is 0.500. The number of hydrogen-bond acceptors (Lipinski definition) is 4. The molecule has 4 rings (SSSR count). The molecule has 33 heavy (non-hydrogen) atoms. The van der Waals surface area contributed by atoms with E-state index >= 15 is 0 Å². The molecule has 4 atom stereocenters. The van der Waals surface area contributed by atoms with E-state index in [1.165, 1.54) is 5.56 Å². The molecule has 7 heteroatoms. The Labute approximate surface area is 206 Å². The number of nitrogens with one attached hydrogen (secondary N) is 1. The fourth-order valence-corrected chi connectivity index (χ4v) is 6.09. The summed E-state index contributed by atoms with van der Waals surface area (Å²) >= 11 is 12.1. The highest BCUT2D eigenvalue weighted by atomic mass is 35.5. The van der Waals surface area contributed by atoms with Crippen molar-refractivity contribution in [1.29, 1.82) is 0 Å². The third kappa shape index (κ3) is 5.17. The summed E-state index contributed by atoms with van der Waals surface area (Å²) in [5.74, 6) is 1.19. The van der Waals surface area contributed by atoms with Gasteiger partial charge < -0.3 is 19.7 Å². The predicted octanol–water partition coefficient (Wildman–Crippen LogP) is 4.73. The van der Waals surface area contributed by atoms with E-state index in [0.717, 1.165) is 43.7 Å². The van der Waals surface area contributed by atoms with Crippen LogP contribution in [0.4, 0.5) is 0 Å². The van der Waals surface area contributed by atoms with Gasteiger partial charge in [-0.3, -0.25) is 4.79 Å².